The molecule has 0 rings (SSSR count). The highest BCUT2D eigenvalue weighted by atomic mass is 16.5. The molecule has 0 saturated carbocycles. The summed E-state index contributed by atoms with van der Waals surface area (Å²) in [5.74, 6) is -0.134. The van der Waals surface area contributed by atoms with Gasteiger partial charge in [0.2, 0.25) is 5.91 Å². The number of unbranched alkanes of at least 4 members (excludes halogenated alkanes) is 25. The van der Waals surface area contributed by atoms with Crippen LogP contribution < -0.4 is 5.32 Å². The van der Waals surface area contributed by atoms with Crippen LogP contribution in [0.1, 0.15) is 226 Å². The molecular formula is C51H91NO5. The summed E-state index contributed by atoms with van der Waals surface area (Å²) in [4.78, 5) is 24.4. The second-order valence-electron chi connectivity index (χ2n) is 16.1. The lowest BCUT2D eigenvalue weighted by Crippen LogP contribution is -2.45. The topological polar surface area (TPSA) is 95.9 Å². The number of aliphatic hydroxyl groups is 2. The smallest absolute Gasteiger partial charge is 0.305 e. The molecule has 0 radical (unpaired) electrons. The first kappa shape index (κ1) is 54.6. The number of hydrogen-bond acceptors (Lipinski definition) is 5. The summed E-state index contributed by atoms with van der Waals surface area (Å²) in [6.45, 7) is 4.76. The van der Waals surface area contributed by atoms with Crippen molar-refractivity contribution in [3.05, 3.63) is 60.8 Å². The quantitative estimate of drug-likeness (QED) is 0.0247. The highest BCUT2D eigenvalue weighted by Crippen LogP contribution is 2.13. The van der Waals surface area contributed by atoms with Crippen molar-refractivity contribution in [2.24, 2.45) is 0 Å². The molecule has 1 amide bonds. The van der Waals surface area contributed by atoms with Gasteiger partial charge in [-0.2, -0.15) is 0 Å². The van der Waals surface area contributed by atoms with E-state index in [-0.39, 0.29) is 18.5 Å². The fourth-order valence-electron chi connectivity index (χ4n) is 6.75. The highest BCUT2D eigenvalue weighted by molar-refractivity contribution is 5.76. The number of esters is 1. The summed E-state index contributed by atoms with van der Waals surface area (Å²) in [6.07, 6.45) is 57.8. The average Bonchev–Trinajstić information content (AvgIpc) is 3.21. The van der Waals surface area contributed by atoms with Crippen LogP contribution in [0, 0.1) is 0 Å². The lowest BCUT2D eigenvalue weighted by molar-refractivity contribution is -0.143. The standard InChI is InChI=1S/C51H91NO5/c1-3-5-7-9-11-13-15-16-21-25-29-33-37-41-45-51(56)57-46-42-38-34-30-26-22-19-17-18-20-24-28-32-36-40-44-50(55)52-48(47-53)49(54)43-39-35-31-27-23-14-12-10-8-6-4-2/h9,11,15-17,19,22,26,39,43,48-49,53-54H,3-8,10,12-14,18,20-21,23-25,27-38,40-42,44-47H2,1-2H3,(H,52,55)/b11-9-,16-15-,19-17-,26-22-,43-39+. The Morgan fingerprint density at radius 3 is 1.49 bits per heavy atom. The highest BCUT2D eigenvalue weighted by Gasteiger charge is 2.18. The third kappa shape index (κ3) is 43.0. The maximum absolute atomic E-state index is 12.4. The Kier molecular flexibility index (Phi) is 44.3. The van der Waals surface area contributed by atoms with Gasteiger partial charge < -0.3 is 20.3 Å². The Balaban J connectivity index is 3.58. The first-order chi connectivity index (χ1) is 28.0. The molecule has 0 aromatic rings. The van der Waals surface area contributed by atoms with Crippen molar-refractivity contribution in [3.63, 3.8) is 0 Å². The Bertz CT molecular complexity index is 1020. The van der Waals surface area contributed by atoms with Gasteiger partial charge in [-0.15, -0.1) is 0 Å². The van der Waals surface area contributed by atoms with E-state index >= 15 is 0 Å². The van der Waals surface area contributed by atoms with Gasteiger partial charge in [0.1, 0.15) is 0 Å². The molecule has 6 heteroatoms. The van der Waals surface area contributed by atoms with Gasteiger partial charge in [-0.3, -0.25) is 9.59 Å². The number of allylic oxidation sites excluding steroid dienone is 9. The van der Waals surface area contributed by atoms with Crippen molar-refractivity contribution >= 4 is 11.9 Å². The number of aliphatic hydroxyl groups excluding tert-OH is 2. The fraction of sp³-hybridized carbons (Fsp3) is 0.765. The summed E-state index contributed by atoms with van der Waals surface area (Å²) < 4.78 is 5.42. The number of carbonyl (C=O) groups is 2. The molecule has 0 fully saturated rings. The second-order valence-corrected chi connectivity index (χ2v) is 16.1. The molecule has 0 aliphatic heterocycles. The lowest BCUT2D eigenvalue weighted by Gasteiger charge is -2.20. The van der Waals surface area contributed by atoms with E-state index in [1.165, 1.54) is 109 Å². The van der Waals surface area contributed by atoms with Crippen molar-refractivity contribution in [2.75, 3.05) is 13.2 Å². The number of hydrogen-bond donors (Lipinski definition) is 3. The normalized spacial score (nSPS) is 13.3. The number of carbonyl (C=O) groups excluding carboxylic acids is 2. The van der Waals surface area contributed by atoms with Crippen molar-refractivity contribution in [1.29, 1.82) is 0 Å². The Labute approximate surface area is 352 Å². The molecule has 57 heavy (non-hydrogen) atoms. The molecule has 0 spiro atoms. The largest absolute Gasteiger partial charge is 0.466 e. The third-order valence-electron chi connectivity index (χ3n) is 10.5. The van der Waals surface area contributed by atoms with Gasteiger partial charge in [-0.1, -0.05) is 184 Å². The van der Waals surface area contributed by atoms with Crippen LogP contribution in [0.3, 0.4) is 0 Å². The first-order valence-corrected chi connectivity index (χ1v) is 24.1. The zero-order valence-electron chi connectivity index (χ0n) is 37.3. The Morgan fingerprint density at radius 2 is 0.947 bits per heavy atom. The number of rotatable bonds is 43. The van der Waals surface area contributed by atoms with Crippen molar-refractivity contribution in [3.8, 4) is 0 Å². The van der Waals surface area contributed by atoms with Crippen molar-refractivity contribution in [2.45, 2.75) is 238 Å². The van der Waals surface area contributed by atoms with Crippen LogP contribution >= 0.6 is 0 Å². The van der Waals surface area contributed by atoms with Gasteiger partial charge in [0.15, 0.2) is 0 Å². The van der Waals surface area contributed by atoms with Crippen LogP contribution in [0.15, 0.2) is 60.8 Å². The molecule has 0 aromatic carbocycles. The maximum atomic E-state index is 12.4. The van der Waals surface area contributed by atoms with Crippen LogP contribution in [0.2, 0.25) is 0 Å². The molecular weight excluding hydrogens is 707 g/mol. The van der Waals surface area contributed by atoms with E-state index in [4.69, 9.17) is 4.74 Å². The van der Waals surface area contributed by atoms with Crippen LogP contribution in [0.5, 0.6) is 0 Å². The number of nitrogens with one attached hydrogen (secondary N) is 1. The zero-order chi connectivity index (χ0) is 41.5. The molecule has 330 valence electrons. The van der Waals surface area contributed by atoms with Crippen molar-refractivity contribution in [1.82, 2.24) is 5.32 Å². The molecule has 0 bridgehead atoms. The van der Waals surface area contributed by atoms with Gasteiger partial charge in [0, 0.05) is 12.8 Å². The predicted molar refractivity (Wildman–Crippen MR) is 245 cm³/mol. The first-order valence-electron chi connectivity index (χ1n) is 24.1. The summed E-state index contributed by atoms with van der Waals surface area (Å²) in [7, 11) is 0. The predicted octanol–water partition coefficient (Wildman–Crippen LogP) is 14.1. The van der Waals surface area contributed by atoms with Gasteiger partial charge in [0.25, 0.3) is 0 Å². The average molecular weight is 798 g/mol. The third-order valence-corrected chi connectivity index (χ3v) is 10.5. The summed E-state index contributed by atoms with van der Waals surface area (Å²) in [5, 5.41) is 22.9. The fourth-order valence-corrected chi connectivity index (χ4v) is 6.75. The van der Waals surface area contributed by atoms with E-state index in [1.807, 2.05) is 6.08 Å². The van der Waals surface area contributed by atoms with Gasteiger partial charge in [-0.05, 0) is 89.9 Å². The molecule has 2 unspecified atom stereocenters. The summed E-state index contributed by atoms with van der Waals surface area (Å²) >= 11 is 0. The monoisotopic (exact) mass is 798 g/mol. The van der Waals surface area contributed by atoms with Crippen LogP contribution in [0.25, 0.3) is 0 Å². The Hall–Kier alpha value is -2.44. The minimum absolute atomic E-state index is 0.0391. The Morgan fingerprint density at radius 1 is 0.509 bits per heavy atom. The van der Waals surface area contributed by atoms with E-state index < -0.39 is 12.1 Å². The molecule has 2 atom stereocenters. The van der Waals surface area contributed by atoms with E-state index in [0.717, 1.165) is 89.9 Å². The molecule has 0 aliphatic carbocycles. The van der Waals surface area contributed by atoms with Crippen LogP contribution in [-0.2, 0) is 14.3 Å². The molecule has 6 nitrogen and oxygen atoms in total. The molecule has 0 heterocycles. The van der Waals surface area contributed by atoms with Crippen LogP contribution in [-0.4, -0.2) is 47.4 Å². The minimum atomic E-state index is -0.859. The minimum Gasteiger partial charge on any atom is -0.466 e. The number of amides is 1. The van der Waals surface area contributed by atoms with Gasteiger partial charge in [0.05, 0.1) is 25.4 Å². The molecule has 0 saturated heterocycles. The molecule has 0 aromatic heterocycles. The summed E-state index contributed by atoms with van der Waals surface area (Å²) in [6, 6.07) is -0.644. The van der Waals surface area contributed by atoms with Gasteiger partial charge >= 0.3 is 5.97 Å². The molecule has 0 aliphatic rings. The SMILES string of the molecule is CCCC/C=C\C/C=C\CCCCCCCC(=O)OCCCCC/C=C\C=C/CCCCCCCCC(=O)NC(CO)C(O)/C=C/CCCCCCCCCCC. The van der Waals surface area contributed by atoms with E-state index in [2.05, 4.69) is 67.8 Å². The van der Waals surface area contributed by atoms with Crippen LogP contribution in [0.4, 0.5) is 0 Å². The maximum Gasteiger partial charge on any atom is 0.305 e. The van der Waals surface area contributed by atoms with Crippen molar-refractivity contribution < 1.29 is 24.5 Å². The van der Waals surface area contributed by atoms with E-state index in [1.54, 1.807) is 6.08 Å². The zero-order valence-corrected chi connectivity index (χ0v) is 37.3. The van der Waals surface area contributed by atoms with E-state index in [0.29, 0.717) is 19.4 Å². The molecule has 3 N–H and O–H groups in total. The summed E-state index contributed by atoms with van der Waals surface area (Å²) in [5.41, 5.74) is 0. The number of ether oxygens (including phenoxy) is 1. The van der Waals surface area contributed by atoms with E-state index in [9.17, 15) is 19.8 Å². The lowest BCUT2D eigenvalue weighted by atomic mass is 10.1. The van der Waals surface area contributed by atoms with Gasteiger partial charge in [-0.25, -0.2) is 0 Å². The second kappa shape index (κ2) is 46.3.